The van der Waals surface area contributed by atoms with Crippen molar-refractivity contribution in [3.8, 4) is 0 Å². The first-order valence-corrected chi connectivity index (χ1v) is 21.3. The van der Waals surface area contributed by atoms with E-state index in [9.17, 15) is 28.8 Å². The van der Waals surface area contributed by atoms with Crippen LogP contribution in [0.1, 0.15) is 86.0 Å². The molecule has 0 spiro atoms. The second-order valence-electron chi connectivity index (χ2n) is 15.4. The van der Waals surface area contributed by atoms with Gasteiger partial charge in [0.15, 0.2) is 5.13 Å². The second-order valence-corrected chi connectivity index (χ2v) is 17.8. The number of benzene rings is 1. The normalized spacial score (nSPS) is 17.7. The van der Waals surface area contributed by atoms with Crippen molar-refractivity contribution in [2.24, 2.45) is 5.92 Å². The highest BCUT2D eigenvalue weighted by molar-refractivity contribution is 8.00. The number of nitrogens with one attached hydrogen (secondary N) is 5. The Morgan fingerprint density at radius 2 is 1.79 bits per heavy atom. The molecule has 5 N–H and O–H groups in total. The third-order valence-corrected chi connectivity index (χ3v) is 12.2. The molecular formula is C39H51N9O8S2. The van der Waals surface area contributed by atoms with E-state index in [1.807, 2.05) is 11.0 Å². The fourth-order valence-electron chi connectivity index (χ4n) is 6.90. The van der Waals surface area contributed by atoms with E-state index in [2.05, 4.69) is 57.3 Å². The number of urea groups is 1. The number of hydrogen-bond acceptors (Lipinski definition) is 13. The highest BCUT2D eigenvalue weighted by Gasteiger charge is 2.38. The van der Waals surface area contributed by atoms with Gasteiger partial charge in [0.2, 0.25) is 29.5 Å². The number of carbonyl (C=O) groups is 6. The number of rotatable bonds is 16. The second kappa shape index (κ2) is 19.7. The van der Waals surface area contributed by atoms with Crippen LogP contribution in [0.25, 0.3) is 0 Å². The summed E-state index contributed by atoms with van der Waals surface area (Å²) >= 11 is 2.98. The van der Waals surface area contributed by atoms with Crippen LogP contribution in [0.3, 0.4) is 0 Å². The summed E-state index contributed by atoms with van der Waals surface area (Å²) in [5.41, 5.74) is 1.90. The minimum atomic E-state index is -0.718. The van der Waals surface area contributed by atoms with Gasteiger partial charge >= 0.3 is 6.03 Å². The lowest BCUT2D eigenvalue weighted by Crippen LogP contribution is -2.47. The number of hydrogen-bond donors (Lipinski definition) is 5. The third-order valence-electron chi connectivity index (χ3n) is 10.1. The van der Waals surface area contributed by atoms with Crippen molar-refractivity contribution in [3.63, 3.8) is 0 Å². The quantitative estimate of drug-likeness (QED) is 0.0799. The minimum absolute atomic E-state index is 0.0610. The lowest BCUT2D eigenvalue weighted by molar-refractivity contribution is -0.132. The molecule has 58 heavy (non-hydrogen) atoms. The van der Waals surface area contributed by atoms with E-state index in [4.69, 9.17) is 9.15 Å². The minimum Gasteiger partial charge on any atom is -0.444 e. The van der Waals surface area contributed by atoms with Gasteiger partial charge in [-0.2, -0.15) is 0 Å². The molecule has 17 nitrogen and oxygen atoms in total. The van der Waals surface area contributed by atoms with Gasteiger partial charge in [0.1, 0.15) is 11.8 Å². The third kappa shape index (κ3) is 11.6. The van der Waals surface area contributed by atoms with E-state index < -0.39 is 18.0 Å². The molecule has 0 unspecified atom stereocenters. The van der Waals surface area contributed by atoms with E-state index >= 15 is 0 Å². The van der Waals surface area contributed by atoms with E-state index in [1.54, 1.807) is 36.3 Å². The average molecular weight is 838 g/mol. The summed E-state index contributed by atoms with van der Waals surface area (Å²) in [5, 5.41) is 14.3. The van der Waals surface area contributed by atoms with Crippen molar-refractivity contribution in [1.29, 1.82) is 0 Å². The summed E-state index contributed by atoms with van der Waals surface area (Å²) in [4.78, 5) is 87.7. The molecule has 2 aromatic heterocycles. The molecule has 3 aliphatic heterocycles. The lowest BCUT2D eigenvalue weighted by Gasteiger charge is -2.30. The molecule has 1 atom stereocenters. The molecule has 2 fully saturated rings. The molecule has 3 aromatic rings. The Kier molecular flexibility index (Phi) is 14.5. The van der Waals surface area contributed by atoms with Crippen LogP contribution in [-0.2, 0) is 48.2 Å². The molecule has 2 saturated heterocycles. The zero-order chi connectivity index (χ0) is 41.2. The van der Waals surface area contributed by atoms with Gasteiger partial charge < -0.3 is 35.3 Å². The number of anilines is 1. The maximum atomic E-state index is 13.1. The Morgan fingerprint density at radius 3 is 2.55 bits per heavy atom. The number of thiazole rings is 1. The van der Waals surface area contributed by atoms with Crippen LogP contribution in [0.15, 0.2) is 39.2 Å². The number of imide groups is 1. The van der Waals surface area contributed by atoms with Crippen LogP contribution in [0, 0.1) is 5.92 Å². The predicted octanol–water partition coefficient (Wildman–Crippen LogP) is 3.15. The fraction of sp³-hybridized carbons (Fsp3) is 0.538. The number of thioether (sulfide) groups is 1. The van der Waals surface area contributed by atoms with Crippen LogP contribution in [-0.4, -0.2) is 107 Å². The van der Waals surface area contributed by atoms with Gasteiger partial charge in [-0.05, 0) is 56.0 Å². The van der Waals surface area contributed by atoms with Gasteiger partial charge in [0.25, 0.3) is 5.91 Å². The number of ether oxygens (including phenoxy) is 1. The molecular weight excluding hydrogens is 787 g/mol. The fourth-order valence-corrected chi connectivity index (χ4v) is 8.63. The van der Waals surface area contributed by atoms with Crippen molar-refractivity contribution in [1.82, 2.24) is 41.0 Å². The Bertz CT molecular complexity index is 1970. The number of piperidine rings is 1. The molecule has 3 aliphatic rings. The molecule has 19 heteroatoms. The monoisotopic (exact) mass is 837 g/mol. The Morgan fingerprint density at radius 1 is 1.02 bits per heavy atom. The van der Waals surface area contributed by atoms with Crippen molar-refractivity contribution in [3.05, 3.63) is 58.9 Å². The van der Waals surface area contributed by atoms with E-state index in [0.29, 0.717) is 67.7 Å². The van der Waals surface area contributed by atoms with Crippen LogP contribution in [0.4, 0.5) is 9.93 Å². The molecule has 1 aromatic carbocycles. The van der Waals surface area contributed by atoms with Gasteiger partial charge in [0, 0.05) is 49.5 Å². The summed E-state index contributed by atoms with van der Waals surface area (Å²) in [7, 11) is 0. The number of likely N-dealkylation sites (tertiary alicyclic amines) is 1. The Labute approximate surface area is 345 Å². The van der Waals surface area contributed by atoms with Crippen LogP contribution >= 0.6 is 23.1 Å². The Balaban J connectivity index is 0.795. The number of nitrogens with zero attached hydrogens (tertiary/aromatic N) is 4. The predicted molar refractivity (Wildman–Crippen MR) is 216 cm³/mol. The molecule has 5 heterocycles. The summed E-state index contributed by atoms with van der Waals surface area (Å²) in [5.74, 6) is 0.675. The van der Waals surface area contributed by atoms with E-state index in [1.165, 1.54) is 16.2 Å². The molecule has 312 valence electrons. The summed E-state index contributed by atoms with van der Waals surface area (Å²) < 4.78 is 12.4. The first-order chi connectivity index (χ1) is 27.8. The Hall–Kier alpha value is -4.85. The number of carbonyl (C=O) groups excluding carboxylic acids is 6. The smallest absolute Gasteiger partial charge is 0.315 e. The zero-order valence-electron chi connectivity index (χ0n) is 33.0. The molecule has 0 aliphatic carbocycles. The van der Waals surface area contributed by atoms with E-state index in [-0.39, 0.29) is 80.8 Å². The average Bonchev–Trinajstić information content (AvgIpc) is 3.91. The first kappa shape index (κ1) is 42.7. The number of fused-ring (bicyclic) bond motifs is 1. The maximum Gasteiger partial charge on any atom is 0.315 e. The largest absolute Gasteiger partial charge is 0.444 e. The summed E-state index contributed by atoms with van der Waals surface area (Å²) in [6, 6.07) is 4.16. The van der Waals surface area contributed by atoms with Gasteiger partial charge in [-0.1, -0.05) is 44.2 Å². The first-order valence-electron chi connectivity index (χ1n) is 19.5. The van der Waals surface area contributed by atoms with Crippen molar-refractivity contribution in [2.45, 2.75) is 87.4 Å². The number of amides is 7. The van der Waals surface area contributed by atoms with E-state index in [0.717, 1.165) is 21.1 Å². The van der Waals surface area contributed by atoms with Gasteiger partial charge in [-0.25, -0.2) is 14.8 Å². The van der Waals surface area contributed by atoms with Gasteiger partial charge in [0.05, 0.1) is 42.1 Å². The molecule has 0 radical (unpaired) electrons. The summed E-state index contributed by atoms with van der Waals surface area (Å²) in [6.45, 7) is 9.24. The number of oxazole rings is 1. The SMILES string of the molecule is CC(C)(C)c1cnc(CSc2cnc(NC(=O)C3CCN(CC(=O)NCCOCCNC(=O)NCc4cccc5c4CN([C@H]4CCCC(=O)NC4=O)C5=O)CC3)s2)o1. The van der Waals surface area contributed by atoms with Crippen molar-refractivity contribution < 1.29 is 37.9 Å². The standard InChI is InChI=1S/C39H51N9O8S2/c1-39(2,3)29-19-42-32(56-29)23-57-33-20-44-38(58-33)46-34(51)24-10-14-47(15-11-24)22-31(50)40-12-16-55-17-13-41-37(54)43-18-25-6-4-7-26-27(25)21-48(36(26)53)28-8-5-9-30(49)45-35(28)52/h4,6-7,19-20,24,28H,5,8-18,21-23H2,1-3H3,(H,40,50)(H2,41,43,54)(H,44,46,51)(H,45,49,52)/t28-/m0/s1. The van der Waals surface area contributed by atoms with Crippen LogP contribution in [0.5, 0.6) is 0 Å². The molecule has 7 amide bonds. The van der Waals surface area contributed by atoms with Crippen molar-refractivity contribution >= 4 is 63.8 Å². The molecule has 6 rings (SSSR count). The van der Waals surface area contributed by atoms with Crippen LogP contribution < -0.4 is 26.6 Å². The highest BCUT2D eigenvalue weighted by Crippen LogP contribution is 2.33. The zero-order valence-corrected chi connectivity index (χ0v) is 34.7. The molecule has 0 bridgehead atoms. The molecule has 0 saturated carbocycles. The van der Waals surface area contributed by atoms with Crippen LogP contribution in [0.2, 0.25) is 0 Å². The number of aromatic nitrogens is 2. The van der Waals surface area contributed by atoms with Gasteiger partial charge in [-0.15, -0.1) is 11.8 Å². The highest BCUT2D eigenvalue weighted by atomic mass is 32.2. The lowest BCUT2D eigenvalue weighted by atomic mass is 9.94. The topological polar surface area (TPSA) is 217 Å². The maximum absolute atomic E-state index is 13.1. The summed E-state index contributed by atoms with van der Waals surface area (Å²) in [6.07, 6.45) is 5.98. The van der Waals surface area contributed by atoms with Gasteiger partial charge in [-0.3, -0.25) is 34.2 Å². The van der Waals surface area contributed by atoms with Crippen molar-refractivity contribution in [2.75, 3.05) is 51.3 Å².